The lowest BCUT2D eigenvalue weighted by molar-refractivity contribution is 0.0293. The van der Waals surface area contributed by atoms with Gasteiger partial charge >= 0.3 is 0 Å². The van der Waals surface area contributed by atoms with Crippen LogP contribution in [0.2, 0.25) is 0 Å². The van der Waals surface area contributed by atoms with Crippen LogP contribution in [0.5, 0.6) is 0 Å². The van der Waals surface area contributed by atoms with Gasteiger partial charge in [-0.1, -0.05) is 49.4 Å². The quantitative estimate of drug-likeness (QED) is 0.918. The Morgan fingerprint density at radius 1 is 1.09 bits per heavy atom. The first-order valence-corrected chi connectivity index (χ1v) is 8.24. The lowest BCUT2D eigenvalue weighted by Crippen LogP contribution is -2.41. The summed E-state index contributed by atoms with van der Waals surface area (Å²) in [6.45, 7) is 7.29. The fraction of sp³-hybridized carbons (Fsp3) is 0.474. The van der Waals surface area contributed by atoms with Crippen molar-refractivity contribution in [2.75, 3.05) is 39.9 Å². The van der Waals surface area contributed by atoms with Gasteiger partial charge in [-0.25, -0.2) is 0 Å². The predicted molar refractivity (Wildman–Crippen MR) is 92.2 cm³/mol. The van der Waals surface area contributed by atoms with Crippen LogP contribution in [0.4, 0.5) is 0 Å². The number of benzene rings is 2. The van der Waals surface area contributed by atoms with E-state index in [9.17, 15) is 0 Å². The smallest absolute Gasteiger partial charge is 0.0594 e. The second kappa shape index (κ2) is 7.23. The van der Waals surface area contributed by atoms with Gasteiger partial charge < -0.3 is 10.1 Å². The van der Waals surface area contributed by atoms with Crippen LogP contribution < -0.4 is 5.32 Å². The molecule has 1 aliphatic heterocycles. The monoisotopic (exact) mass is 298 g/mol. The van der Waals surface area contributed by atoms with Crippen LogP contribution in [-0.4, -0.2) is 44.8 Å². The minimum absolute atomic E-state index is 0.369. The van der Waals surface area contributed by atoms with Crippen LogP contribution in [0.3, 0.4) is 0 Å². The molecule has 1 fully saturated rings. The van der Waals surface area contributed by atoms with E-state index in [1.807, 2.05) is 0 Å². The van der Waals surface area contributed by atoms with Crippen LogP contribution in [-0.2, 0) is 4.74 Å². The van der Waals surface area contributed by atoms with Gasteiger partial charge in [0.2, 0.25) is 0 Å². The zero-order valence-electron chi connectivity index (χ0n) is 13.6. The van der Waals surface area contributed by atoms with E-state index < -0.39 is 0 Å². The molecule has 3 nitrogen and oxygen atoms in total. The molecule has 118 valence electrons. The van der Waals surface area contributed by atoms with Gasteiger partial charge in [0.25, 0.3) is 0 Å². The van der Waals surface area contributed by atoms with Gasteiger partial charge in [-0.2, -0.15) is 0 Å². The van der Waals surface area contributed by atoms with E-state index in [1.54, 1.807) is 0 Å². The predicted octanol–water partition coefficient (Wildman–Crippen LogP) is 3.07. The van der Waals surface area contributed by atoms with Gasteiger partial charge in [0, 0.05) is 25.7 Å². The summed E-state index contributed by atoms with van der Waals surface area (Å²) in [6, 6.07) is 15.7. The normalized spacial score (nSPS) is 19.2. The number of fused-ring (bicyclic) bond motifs is 1. The van der Waals surface area contributed by atoms with Crippen molar-refractivity contribution in [1.29, 1.82) is 0 Å². The van der Waals surface area contributed by atoms with E-state index in [2.05, 4.69) is 66.7 Å². The summed E-state index contributed by atoms with van der Waals surface area (Å²) in [5.41, 5.74) is 1.40. The van der Waals surface area contributed by atoms with E-state index in [0.29, 0.717) is 12.0 Å². The van der Waals surface area contributed by atoms with Crippen molar-refractivity contribution in [3.05, 3.63) is 48.0 Å². The third kappa shape index (κ3) is 3.32. The van der Waals surface area contributed by atoms with E-state index in [4.69, 9.17) is 4.74 Å². The highest BCUT2D eigenvalue weighted by Gasteiger charge is 2.22. The molecular formula is C19H26N2O. The van der Waals surface area contributed by atoms with Crippen molar-refractivity contribution in [3.63, 3.8) is 0 Å². The highest BCUT2D eigenvalue weighted by Crippen LogP contribution is 2.29. The molecule has 2 aromatic carbocycles. The molecule has 0 bridgehead atoms. The molecule has 0 spiro atoms. The second-order valence-electron chi connectivity index (χ2n) is 6.22. The first-order valence-electron chi connectivity index (χ1n) is 8.24. The minimum atomic E-state index is 0.369. The number of hydrogen-bond donors (Lipinski definition) is 1. The number of rotatable bonds is 5. The molecule has 2 aromatic rings. The van der Waals surface area contributed by atoms with Crippen LogP contribution in [0.15, 0.2) is 42.5 Å². The van der Waals surface area contributed by atoms with Crippen LogP contribution in [0, 0.1) is 5.92 Å². The van der Waals surface area contributed by atoms with Gasteiger partial charge in [0.05, 0.1) is 13.2 Å². The third-order valence-electron chi connectivity index (χ3n) is 4.69. The maximum Gasteiger partial charge on any atom is 0.0594 e. The number of hydrogen-bond acceptors (Lipinski definition) is 3. The SMILES string of the molecule is CN[C@@H](c1cccc2ccccc12)[C@@H](C)CN1CCOCC1. The van der Waals surface area contributed by atoms with Gasteiger partial charge in [-0.3, -0.25) is 4.90 Å². The van der Waals surface area contributed by atoms with Gasteiger partial charge in [-0.05, 0) is 29.3 Å². The Morgan fingerprint density at radius 2 is 1.82 bits per heavy atom. The van der Waals surface area contributed by atoms with Crippen molar-refractivity contribution in [2.24, 2.45) is 5.92 Å². The molecule has 1 aliphatic rings. The molecule has 0 radical (unpaired) electrons. The van der Waals surface area contributed by atoms with E-state index in [0.717, 1.165) is 32.8 Å². The highest BCUT2D eigenvalue weighted by atomic mass is 16.5. The van der Waals surface area contributed by atoms with Gasteiger partial charge in [0.1, 0.15) is 0 Å². The van der Waals surface area contributed by atoms with Crippen molar-refractivity contribution in [3.8, 4) is 0 Å². The lowest BCUT2D eigenvalue weighted by Gasteiger charge is -2.33. The summed E-state index contributed by atoms with van der Waals surface area (Å²) < 4.78 is 5.45. The molecule has 0 amide bonds. The molecule has 3 rings (SSSR count). The van der Waals surface area contributed by atoms with Crippen molar-refractivity contribution >= 4 is 10.8 Å². The number of nitrogens with zero attached hydrogens (tertiary/aromatic N) is 1. The van der Waals surface area contributed by atoms with E-state index in [1.165, 1.54) is 16.3 Å². The average molecular weight is 298 g/mol. The molecule has 2 atom stereocenters. The lowest BCUT2D eigenvalue weighted by atomic mass is 9.90. The van der Waals surface area contributed by atoms with Crippen molar-refractivity contribution < 1.29 is 4.74 Å². The Labute approximate surface area is 133 Å². The molecule has 1 heterocycles. The molecule has 1 N–H and O–H groups in total. The van der Waals surface area contributed by atoms with Gasteiger partial charge in [0.15, 0.2) is 0 Å². The van der Waals surface area contributed by atoms with Crippen LogP contribution in [0.1, 0.15) is 18.5 Å². The zero-order chi connectivity index (χ0) is 15.4. The Bertz CT molecular complexity index is 602. The summed E-state index contributed by atoms with van der Waals surface area (Å²) in [6.07, 6.45) is 0. The fourth-order valence-electron chi connectivity index (χ4n) is 3.56. The molecule has 0 saturated carbocycles. The molecule has 0 aromatic heterocycles. The average Bonchev–Trinajstić information content (AvgIpc) is 2.57. The summed E-state index contributed by atoms with van der Waals surface area (Å²) in [4.78, 5) is 2.52. The summed E-state index contributed by atoms with van der Waals surface area (Å²) in [5, 5.41) is 6.22. The Hall–Kier alpha value is -1.42. The molecule has 22 heavy (non-hydrogen) atoms. The maximum atomic E-state index is 5.45. The highest BCUT2D eigenvalue weighted by molar-refractivity contribution is 5.86. The number of morpholine rings is 1. The molecular weight excluding hydrogens is 272 g/mol. The maximum absolute atomic E-state index is 5.45. The molecule has 0 unspecified atom stereocenters. The van der Waals surface area contributed by atoms with E-state index >= 15 is 0 Å². The standard InChI is InChI=1S/C19H26N2O/c1-15(14-21-10-12-22-13-11-21)19(20-2)18-9-5-7-16-6-3-4-8-17(16)18/h3-9,15,19-20H,10-14H2,1-2H3/t15-,19+/m0/s1. The zero-order valence-corrected chi connectivity index (χ0v) is 13.6. The van der Waals surface area contributed by atoms with Crippen LogP contribution in [0.25, 0.3) is 10.8 Å². The Morgan fingerprint density at radius 3 is 2.59 bits per heavy atom. The van der Waals surface area contributed by atoms with Crippen molar-refractivity contribution in [1.82, 2.24) is 10.2 Å². The number of ether oxygens (including phenoxy) is 1. The third-order valence-corrected chi connectivity index (χ3v) is 4.69. The molecule has 1 saturated heterocycles. The first kappa shape index (κ1) is 15.5. The first-order chi connectivity index (χ1) is 10.8. The molecule has 3 heteroatoms. The summed E-state index contributed by atoms with van der Waals surface area (Å²) in [5.74, 6) is 0.550. The number of nitrogens with one attached hydrogen (secondary N) is 1. The van der Waals surface area contributed by atoms with Gasteiger partial charge in [-0.15, -0.1) is 0 Å². The van der Waals surface area contributed by atoms with Crippen molar-refractivity contribution in [2.45, 2.75) is 13.0 Å². The molecule has 0 aliphatic carbocycles. The Balaban J connectivity index is 1.82. The largest absolute Gasteiger partial charge is 0.379 e. The Kier molecular flexibility index (Phi) is 5.08. The fourth-order valence-corrected chi connectivity index (χ4v) is 3.56. The van der Waals surface area contributed by atoms with E-state index in [-0.39, 0.29) is 0 Å². The second-order valence-corrected chi connectivity index (χ2v) is 6.22. The summed E-state index contributed by atoms with van der Waals surface area (Å²) in [7, 11) is 2.07. The summed E-state index contributed by atoms with van der Waals surface area (Å²) >= 11 is 0. The topological polar surface area (TPSA) is 24.5 Å². The minimum Gasteiger partial charge on any atom is -0.379 e. The van der Waals surface area contributed by atoms with Crippen LogP contribution >= 0.6 is 0 Å².